The monoisotopic (exact) mass is 345 g/mol. The number of nitrogens with one attached hydrogen (secondary N) is 1. The van der Waals surface area contributed by atoms with Gasteiger partial charge in [-0.2, -0.15) is 0 Å². The minimum absolute atomic E-state index is 0.127. The van der Waals surface area contributed by atoms with Gasteiger partial charge in [0.2, 0.25) is 0 Å². The first-order chi connectivity index (χ1) is 11.6. The Kier molecular flexibility index (Phi) is 5.22. The maximum Gasteiger partial charge on any atom is 0.320 e. The fraction of sp³-hybridized carbons (Fsp3) is 0.353. The Morgan fingerprint density at radius 3 is 2.88 bits per heavy atom. The molecule has 6 nitrogen and oxygen atoms in total. The first-order valence-electron chi connectivity index (χ1n) is 7.87. The van der Waals surface area contributed by atoms with E-state index in [1.54, 1.807) is 12.1 Å². The van der Waals surface area contributed by atoms with Crippen LogP contribution in [0.25, 0.3) is 0 Å². The van der Waals surface area contributed by atoms with Crippen LogP contribution in [0.3, 0.4) is 0 Å². The molecule has 1 aromatic carbocycles. The van der Waals surface area contributed by atoms with Crippen LogP contribution in [0.15, 0.2) is 35.7 Å². The number of benzene rings is 1. The highest BCUT2D eigenvalue weighted by atomic mass is 32.1. The Balaban J connectivity index is 1.54. The van der Waals surface area contributed by atoms with E-state index < -0.39 is 12.0 Å². The molecule has 2 heterocycles. The Morgan fingerprint density at radius 1 is 1.33 bits per heavy atom. The fourth-order valence-electron chi connectivity index (χ4n) is 2.85. The van der Waals surface area contributed by atoms with Gasteiger partial charge in [0.15, 0.2) is 0 Å². The zero-order valence-corrected chi connectivity index (χ0v) is 14.0. The summed E-state index contributed by atoms with van der Waals surface area (Å²) in [6.07, 6.45) is 1.60. The minimum Gasteiger partial charge on any atom is -0.480 e. The molecule has 0 unspecified atom stereocenters. The number of aliphatic carboxylic acids is 1. The number of rotatable bonds is 6. The molecule has 126 valence electrons. The van der Waals surface area contributed by atoms with E-state index >= 15 is 0 Å². The number of aromatic nitrogens is 1. The predicted molar refractivity (Wildman–Crippen MR) is 90.8 cm³/mol. The van der Waals surface area contributed by atoms with E-state index in [0.717, 1.165) is 23.7 Å². The largest absolute Gasteiger partial charge is 0.480 e. The maximum atomic E-state index is 12.0. The highest BCUT2D eigenvalue weighted by Gasteiger charge is 2.30. The zero-order valence-electron chi connectivity index (χ0n) is 13.1. The topological polar surface area (TPSA) is 82.5 Å². The summed E-state index contributed by atoms with van der Waals surface area (Å²) >= 11 is 1.48. The molecule has 1 atom stereocenters. The average molecular weight is 345 g/mol. The van der Waals surface area contributed by atoms with E-state index in [0.29, 0.717) is 25.1 Å². The van der Waals surface area contributed by atoms with Gasteiger partial charge in [-0.3, -0.25) is 14.5 Å². The van der Waals surface area contributed by atoms with E-state index in [9.17, 15) is 14.7 Å². The second-order valence-electron chi connectivity index (χ2n) is 5.75. The summed E-state index contributed by atoms with van der Waals surface area (Å²) in [5, 5.41) is 14.8. The van der Waals surface area contributed by atoms with Gasteiger partial charge in [-0.15, -0.1) is 11.3 Å². The quantitative estimate of drug-likeness (QED) is 0.838. The highest BCUT2D eigenvalue weighted by Crippen LogP contribution is 2.21. The molecule has 3 rings (SSSR count). The van der Waals surface area contributed by atoms with Crippen LogP contribution in [-0.4, -0.2) is 39.5 Å². The third-order valence-electron chi connectivity index (χ3n) is 4.05. The van der Waals surface area contributed by atoms with Crippen LogP contribution in [0.4, 0.5) is 0 Å². The second kappa shape index (κ2) is 7.55. The second-order valence-corrected chi connectivity index (χ2v) is 6.69. The molecule has 1 aromatic heterocycles. The van der Waals surface area contributed by atoms with Crippen LogP contribution in [0.5, 0.6) is 0 Å². The molecule has 1 aliphatic heterocycles. The van der Waals surface area contributed by atoms with Crippen molar-refractivity contribution < 1.29 is 14.7 Å². The lowest BCUT2D eigenvalue weighted by atomic mass is 10.2. The van der Waals surface area contributed by atoms with Crippen LogP contribution >= 0.6 is 11.3 Å². The number of carbonyl (C=O) groups is 2. The van der Waals surface area contributed by atoms with Crippen molar-refractivity contribution in [1.82, 2.24) is 15.2 Å². The van der Waals surface area contributed by atoms with E-state index in [4.69, 9.17) is 0 Å². The van der Waals surface area contributed by atoms with Crippen LogP contribution in [0.1, 0.15) is 33.9 Å². The van der Waals surface area contributed by atoms with Crippen molar-refractivity contribution in [2.24, 2.45) is 0 Å². The summed E-state index contributed by atoms with van der Waals surface area (Å²) in [6, 6.07) is 8.64. The molecule has 24 heavy (non-hydrogen) atoms. The maximum absolute atomic E-state index is 12.0. The molecule has 2 aromatic rings. The zero-order chi connectivity index (χ0) is 16.9. The number of hydrogen-bond acceptors (Lipinski definition) is 5. The van der Waals surface area contributed by atoms with Gasteiger partial charge in [0.25, 0.3) is 5.91 Å². The van der Waals surface area contributed by atoms with Crippen molar-refractivity contribution in [3.05, 3.63) is 52.0 Å². The molecule has 2 N–H and O–H groups in total. The van der Waals surface area contributed by atoms with Gasteiger partial charge in [0.05, 0.1) is 12.2 Å². The number of hydrogen-bond donors (Lipinski definition) is 2. The summed E-state index contributed by atoms with van der Waals surface area (Å²) < 4.78 is 0. The molecule has 1 amide bonds. The van der Waals surface area contributed by atoms with Gasteiger partial charge in [-0.25, -0.2) is 4.98 Å². The van der Waals surface area contributed by atoms with Gasteiger partial charge in [-0.1, -0.05) is 18.2 Å². The first-order valence-corrected chi connectivity index (χ1v) is 8.75. The lowest BCUT2D eigenvalue weighted by Gasteiger charge is -2.19. The molecule has 7 heteroatoms. The third-order valence-corrected chi connectivity index (χ3v) is 4.95. The average Bonchev–Trinajstić information content (AvgIpc) is 3.23. The molecule has 0 saturated carbocycles. The standard InChI is InChI=1S/C17H19N3O3S/c21-16(12-5-2-1-3-6-12)18-9-15-19-13(11-24-15)10-20-8-4-7-14(20)17(22)23/h1-3,5-6,11,14H,4,7-10H2,(H,18,21)(H,22,23)/t14-/m0/s1. The number of likely N-dealkylation sites (tertiary alicyclic amines) is 1. The van der Waals surface area contributed by atoms with Gasteiger partial charge in [-0.05, 0) is 31.5 Å². The fourth-order valence-corrected chi connectivity index (χ4v) is 3.58. The predicted octanol–water partition coefficient (Wildman–Crippen LogP) is 2.12. The van der Waals surface area contributed by atoms with Crippen molar-refractivity contribution in [1.29, 1.82) is 0 Å². The van der Waals surface area contributed by atoms with Crippen molar-refractivity contribution in [3.63, 3.8) is 0 Å². The van der Waals surface area contributed by atoms with E-state index in [-0.39, 0.29) is 5.91 Å². The third kappa shape index (κ3) is 3.98. The molecule has 0 bridgehead atoms. The molecule has 1 aliphatic rings. The van der Waals surface area contributed by atoms with Crippen LogP contribution in [-0.2, 0) is 17.9 Å². The smallest absolute Gasteiger partial charge is 0.320 e. The van der Waals surface area contributed by atoms with E-state index in [1.807, 2.05) is 28.5 Å². The van der Waals surface area contributed by atoms with Crippen molar-refractivity contribution in [2.45, 2.75) is 32.0 Å². The van der Waals surface area contributed by atoms with E-state index in [1.165, 1.54) is 11.3 Å². The van der Waals surface area contributed by atoms with Gasteiger partial charge in [0, 0.05) is 17.5 Å². The number of carboxylic acids is 1. The summed E-state index contributed by atoms with van der Waals surface area (Å²) in [5.74, 6) is -0.893. The molecule has 0 spiro atoms. The van der Waals surface area contributed by atoms with Gasteiger partial charge in [0.1, 0.15) is 11.0 Å². The Bertz CT molecular complexity index is 717. The molecule has 0 radical (unpaired) electrons. The van der Waals surface area contributed by atoms with Crippen LogP contribution < -0.4 is 5.32 Å². The Labute approximate surface area is 144 Å². The Hall–Kier alpha value is -2.25. The SMILES string of the molecule is O=C(NCc1nc(CN2CCC[C@H]2C(=O)O)cs1)c1ccccc1. The van der Waals surface area contributed by atoms with Gasteiger partial charge >= 0.3 is 5.97 Å². The van der Waals surface area contributed by atoms with Crippen LogP contribution in [0, 0.1) is 0 Å². The lowest BCUT2D eigenvalue weighted by molar-refractivity contribution is -0.142. The van der Waals surface area contributed by atoms with Crippen LogP contribution in [0.2, 0.25) is 0 Å². The summed E-state index contributed by atoms with van der Waals surface area (Å²) in [6.45, 7) is 1.70. The highest BCUT2D eigenvalue weighted by molar-refractivity contribution is 7.09. The summed E-state index contributed by atoms with van der Waals surface area (Å²) in [5.41, 5.74) is 1.48. The van der Waals surface area contributed by atoms with Crippen molar-refractivity contribution in [2.75, 3.05) is 6.54 Å². The normalized spacial score (nSPS) is 17.8. The number of carboxylic acid groups (broad SMARTS) is 1. The molecule has 1 fully saturated rings. The van der Waals surface area contributed by atoms with E-state index in [2.05, 4.69) is 10.3 Å². The number of carbonyl (C=O) groups excluding carboxylic acids is 1. The molecule has 0 aliphatic carbocycles. The first kappa shape index (κ1) is 16.6. The molecular formula is C17H19N3O3S. The number of nitrogens with zero attached hydrogens (tertiary/aromatic N) is 2. The minimum atomic E-state index is -0.766. The molecule has 1 saturated heterocycles. The van der Waals surface area contributed by atoms with Crippen molar-refractivity contribution in [3.8, 4) is 0 Å². The lowest BCUT2D eigenvalue weighted by Crippen LogP contribution is -2.35. The summed E-state index contributed by atoms with van der Waals surface area (Å²) in [4.78, 5) is 29.7. The Morgan fingerprint density at radius 2 is 2.12 bits per heavy atom. The molecular weight excluding hydrogens is 326 g/mol. The van der Waals surface area contributed by atoms with Gasteiger partial charge < -0.3 is 10.4 Å². The number of thiazole rings is 1. The van der Waals surface area contributed by atoms with Crippen molar-refractivity contribution >= 4 is 23.2 Å². The number of amides is 1. The summed E-state index contributed by atoms with van der Waals surface area (Å²) in [7, 11) is 0.